The summed E-state index contributed by atoms with van der Waals surface area (Å²) in [6, 6.07) is 8.89. The molecule has 2 aromatic carbocycles. The number of rotatable bonds is 9. The Labute approximate surface area is 165 Å². The summed E-state index contributed by atoms with van der Waals surface area (Å²) in [5.74, 6) is 2.74. The molecule has 0 heterocycles. The minimum atomic E-state index is -0.121. The molecule has 7 heteroatoms. The molecule has 0 aromatic heterocycles. The van der Waals surface area contributed by atoms with Gasteiger partial charge in [-0.1, -0.05) is 0 Å². The van der Waals surface area contributed by atoms with Crippen LogP contribution in [0.15, 0.2) is 30.3 Å². The molecule has 0 aliphatic rings. The molecular formula is C21H27NO6. The van der Waals surface area contributed by atoms with Crippen LogP contribution in [0, 0.1) is 0 Å². The Morgan fingerprint density at radius 2 is 1.32 bits per heavy atom. The summed E-state index contributed by atoms with van der Waals surface area (Å²) in [5, 5.41) is 0. The molecule has 152 valence electrons. The molecule has 0 fully saturated rings. The van der Waals surface area contributed by atoms with Crippen LogP contribution in [-0.4, -0.2) is 59.9 Å². The lowest BCUT2D eigenvalue weighted by Crippen LogP contribution is -2.28. The van der Waals surface area contributed by atoms with Crippen molar-refractivity contribution in [1.29, 1.82) is 0 Å². The maximum absolute atomic E-state index is 12.8. The van der Waals surface area contributed by atoms with Crippen LogP contribution in [0.2, 0.25) is 0 Å². The average molecular weight is 389 g/mol. The Bertz CT molecular complexity index is 773. The number of hydrogen-bond donors (Lipinski definition) is 0. The number of ether oxygens (including phenoxy) is 5. The second-order valence-corrected chi connectivity index (χ2v) is 6.11. The largest absolute Gasteiger partial charge is 0.497 e. The van der Waals surface area contributed by atoms with E-state index in [1.165, 1.54) is 0 Å². The van der Waals surface area contributed by atoms with Gasteiger partial charge in [-0.25, -0.2) is 0 Å². The summed E-state index contributed by atoms with van der Waals surface area (Å²) in [4.78, 5) is 14.4. The molecular weight excluding hydrogens is 362 g/mol. The highest BCUT2D eigenvalue weighted by atomic mass is 16.5. The number of benzene rings is 2. The van der Waals surface area contributed by atoms with Crippen LogP contribution in [0.1, 0.15) is 15.9 Å². The molecule has 0 atom stereocenters. The molecule has 0 unspecified atom stereocenters. The maximum Gasteiger partial charge on any atom is 0.253 e. The zero-order chi connectivity index (χ0) is 20.7. The van der Waals surface area contributed by atoms with Gasteiger partial charge in [0.1, 0.15) is 11.5 Å². The summed E-state index contributed by atoms with van der Waals surface area (Å²) < 4.78 is 26.6. The van der Waals surface area contributed by atoms with Gasteiger partial charge in [0.25, 0.3) is 5.91 Å². The van der Waals surface area contributed by atoms with Gasteiger partial charge < -0.3 is 28.6 Å². The molecule has 2 aromatic rings. The smallest absolute Gasteiger partial charge is 0.253 e. The molecule has 0 spiro atoms. The maximum atomic E-state index is 12.8. The van der Waals surface area contributed by atoms with Gasteiger partial charge in [-0.3, -0.25) is 4.79 Å². The molecule has 0 saturated heterocycles. The highest BCUT2D eigenvalue weighted by molar-refractivity contribution is 5.95. The van der Waals surface area contributed by atoms with E-state index in [2.05, 4.69) is 0 Å². The minimum Gasteiger partial charge on any atom is -0.497 e. The number of hydrogen-bond acceptors (Lipinski definition) is 6. The van der Waals surface area contributed by atoms with Gasteiger partial charge in [-0.05, 0) is 36.2 Å². The van der Waals surface area contributed by atoms with Crippen LogP contribution in [0.25, 0.3) is 0 Å². The van der Waals surface area contributed by atoms with E-state index in [9.17, 15) is 4.79 Å². The van der Waals surface area contributed by atoms with Crippen molar-refractivity contribution < 1.29 is 28.5 Å². The fourth-order valence-electron chi connectivity index (χ4n) is 2.83. The topological polar surface area (TPSA) is 66.5 Å². The van der Waals surface area contributed by atoms with E-state index in [4.69, 9.17) is 23.7 Å². The first-order valence-corrected chi connectivity index (χ1v) is 8.74. The third kappa shape index (κ3) is 4.79. The molecule has 0 saturated carbocycles. The van der Waals surface area contributed by atoms with Crippen molar-refractivity contribution in [2.45, 2.75) is 6.42 Å². The normalized spacial score (nSPS) is 10.2. The van der Waals surface area contributed by atoms with Gasteiger partial charge in [-0.2, -0.15) is 0 Å². The molecule has 0 aliphatic heterocycles. The zero-order valence-corrected chi connectivity index (χ0v) is 17.2. The van der Waals surface area contributed by atoms with Crippen molar-refractivity contribution >= 4 is 5.91 Å². The van der Waals surface area contributed by atoms with Gasteiger partial charge in [0.2, 0.25) is 5.75 Å². The monoisotopic (exact) mass is 389 g/mol. The van der Waals surface area contributed by atoms with E-state index < -0.39 is 0 Å². The van der Waals surface area contributed by atoms with E-state index in [0.717, 1.165) is 5.56 Å². The van der Waals surface area contributed by atoms with Crippen molar-refractivity contribution in [2.75, 3.05) is 49.1 Å². The van der Waals surface area contributed by atoms with Gasteiger partial charge in [0.15, 0.2) is 11.5 Å². The minimum absolute atomic E-state index is 0.121. The lowest BCUT2D eigenvalue weighted by molar-refractivity contribution is 0.0796. The molecule has 0 N–H and O–H groups in total. The van der Waals surface area contributed by atoms with Gasteiger partial charge in [0.05, 0.1) is 35.5 Å². The van der Waals surface area contributed by atoms with Gasteiger partial charge >= 0.3 is 0 Å². The number of methoxy groups -OCH3 is 5. The number of likely N-dealkylation sites (N-methyl/N-ethyl adjacent to an activating group) is 1. The van der Waals surface area contributed by atoms with E-state index in [1.54, 1.807) is 65.7 Å². The summed E-state index contributed by atoms with van der Waals surface area (Å²) in [6.45, 7) is 0.511. The van der Waals surface area contributed by atoms with E-state index in [1.807, 2.05) is 12.1 Å². The highest BCUT2D eigenvalue weighted by Crippen LogP contribution is 2.38. The van der Waals surface area contributed by atoms with Crippen molar-refractivity contribution in [1.82, 2.24) is 4.90 Å². The second kappa shape index (κ2) is 9.73. The first-order chi connectivity index (χ1) is 13.5. The summed E-state index contributed by atoms with van der Waals surface area (Å²) in [7, 11) is 9.58. The lowest BCUT2D eigenvalue weighted by atomic mass is 10.1. The van der Waals surface area contributed by atoms with Crippen molar-refractivity contribution in [3.05, 3.63) is 41.5 Å². The lowest BCUT2D eigenvalue weighted by Gasteiger charge is -2.19. The third-order valence-electron chi connectivity index (χ3n) is 4.41. The Morgan fingerprint density at radius 3 is 1.75 bits per heavy atom. The van der Waals surface area contributed by atoms with E-state index >= 15 is 0 Å². The Morgan fingerprint density at radius 1 is 0.786 bits per heavy atom. The van der Waals surface area contributed by atoms with Crippen LogP contribution >= 0.6 is 0 Å². The predicted molar refractivity (Wildman–Crippen MR) is 106 cm³/mol. The van der Waals surface area contributed by atoms with Crippen LogP contribution in [-0.2, 0) is 6.42 Å². The predicted octanol–water partition coefficient (Wildman–Crippen LogP) is 3.04. The number of carbonyl (C=O) groups excluding carboxylic acids is 1. The average Bonchev–Trinajstić information content (AvgIpc) is 2.75. The SMILES string of the molecule is COc1cc(OC)cc(C(=O)N(C)CCc2cc(OC)c(OC)c(OC)c2)c1. The number of carbonyl (C=O) groups is 1. The number of amides is 1. The van der Waals surface area contributed by atoms with Crippen LogP contribution in [0.5, 0.6) is 28.7 Å². The van der Waals surface area contributed by atoms with E-state index in [0.29, 0.717) is 47.3 Å². The molecule has 28 heavy (non-hydrogen) atoms. The molecule has 2 rings (SSSR count). The Hall–Kier alpha value is -3.09. The first-order valence-electron chi connectivity index (χ1n) is 8.74. The van der Waals surface area contributed by atoms with Gasteiger partial charge in [0, 0.05) is 25.2 Å². The fourth-order valence-corrected chi connectivity index (χ4v) is 2.83. The zero-order valence-electron chi connectivity index (χ0n) is 17.2. The van der Waals surface area contributed by atoms with Crippen molar-refractivity contribution in [3.63, 3.8) is 0 Å². The van der Waals surface area contributed by atoms with E-state index in [-0.39, 0.29) is 5.91 Å². The van der Waals surface area contributed by atoms with Crippen LogP contribution in [0.4, 0.5) is 0 Å². The fraction of sp³-hybridized carbons (Fsp3) is 0.381. The first kappa shape index (κ1) is 21.2. The molecule has 0 aliphatic carbocycles. The van der Waals surface area contributed by atoms with Crippen LogP contribution in [0.3, 0.4) is 0 Å². The highest BCUT2D eigenvalue weighted by Gasteiger charge is 2.17. The third-order valence-corrected chi connectivity index (χ3v) is 4.41. The quantitative estimate of drug-likeness (QED) is 0.657. The molecule has 7 nitrogen and oxygen atoms in total. The molecule has 0 radical (unpaired) electrons. The van der Waals surface area contributed by atoms with Gasteiger partial charge in [-0.15, -0.1) is 0 Å². The standard InChI is InChI=1S/C21H27NO6/c1-22(21(23)15-11-16(24-2)13-17(12-15)25-3)8-7-14-9-18(26-4)20(28-6)19(10-14)27-5/h9-13H,7-8H2,1-6H3. The van der Waals surface area contributed by atoms with Crippen LogP contribution < -0.4 is 23.7 Å². The molecule has 0 bridgehead atoms. The van der Waals surface area contributed by atoms with Crippen molar-refractivity contribution in [3.8, 4) is 28.7 Å². The van der Waals surface area contributed by atoms with Crippen molar-refractivity contribution in [2.24, 2.45) is 0 Å². The summed E-state index contributed by atoms with van der Waals surface area (Å²) in [5.41, 5.74) is 1.47. The molecule has 1 amide bonds. The summed E-state index contributed by atoms with van der Waals surface area (Å²) in [6.07, 6.45) is 0.625. The Kier molecular flexibility index (Phi) is 7.37. The number of nitrogens with zero attached hydrogens (tertiary/aromatic N) is 1. The Balaban J connectivity index is 2.15. The summed E-state index contributed by atoms with van der Waals surface area (Å²) >= 11 is 0. The second-order valence-electron chi connectivity index (χ2n) is 6.11.